The second-order valence-electron chi connectivity index (χ2n) is 4.89. The van der Waals surface area contributed by atoms with Crippen LogP contribution >= 0.6 is 0 Å². The number of nitrogens with one attached hydrogen (secondary N) is 2. The molecular formula is C16H14FN3O2. The lowest BCUT2D eigenvalue weighted by atomic mass is 10.2. The highest BCUT2D eigenvalue weighted by Crippen LogP contribution is 2.20. The van der Waals surface area contributed by atoms with Crippen LogP contribution in [0.5, 0.6) is 0 Å². The van der Waals surface area contributed by atoms with Gasteiger partial charge in [0.2, 0.25) is 0 Å². The predicted octanol–water partition coefficient (Wildman–Crippen LogP) is 3.05. The molecule has 0 saturated heterocycles. The number of furan rings is 1. The van der Waals surface area contributed by atoms with E-state index < -0.39 is 0 Å². The van der Waals surface area contributed by atoms with E-state index in [-0.39, 0.29) is 17.4 Å². The highest BCUT2D eigenvalue weighted by Gasteiger charge is 2.12. The fourth-order valence-corrected chi connectivity index (χ4v) is 2.02. The Balaban J connectivity index is 1.65. The lowest BCUT2D eigenvalue weighted by Crippen LogP contribution is -2.23. The number of hydrogen-bond acceptors (Lipinski definition) is 3. The molecule has 0 atom stereocenters. The van der Waals surface area contributed by atoms with Crippen LogP contribution in [0.2, 0.25) is 0 Å². The first-order valence-corrected chi connectivity index (χ1v) is 6.77. The molecule has 0 bridgehead atoms. The lowest BCUT2D eigenvalue weighted by molar-refractivity contribution is 0.0946. The van der Waals surface area contributed by atoms with Crippen molar-refractivity contribution in [1.29, 1.82) is 0 Å². The molecule has 0 fully saturated rings. The summed E-state index contributed by atoms with van der Waals surface area (Å²) in [5.41, 5.74) is 1.72. The number of halogens is 1. The number of aryl methyl sites for hydroxylation is 1. The van der Waals surface area contributed by atoms with Gasteiger partial charge in [-0.2, -0.15) is 5.10 Å². The minimum absolute atomic E-state index is 0.270. The fourth-order valence-electron chi connectivity index (χ4n) is 2.02. The largest absolute Gasteiger partial charge is 0.460 e. The van der Waals surface area contributed by atoms with Crippen LogP contribution in [0.4, 0.5) is 4.39 Å². The number of aromatic nitrogens is 2. The Bertz CT molecular complexity index is 790. The molecule has 1 amide bonds. The van der Waals surface area contributed by atoms with E-state index in [0.717, 1.165) is 11.3 Å². The van der Waals surface area contributed by atoms with Gasteiger partial charge in [0.15, 0.2) is 11.5 Å². The van der Waals surface area contributed by atoms with E-state index in [1.165, 1.54) is 12.1 Å². The van der Waals surface area contributed by atoms with E-state index in [1.54, 1.807) is 18.2 Å². The summed E-state index contributed by atoms with van der Waals surface area (Å²) in [6, 6.07) is 11.2. The summed E-state index contributed by atoms with van der Waals surface area (Å²) < 4.78 is 18.3. The molecular weight excluding hydrogens is 285 g/mol. The molecule has 0 aliphatic heterocycles. The van der Waals surface area contributed by atoms with Crippen molar-refractivity contribution >= 4 is 5.91 Å². The van der Waals surface area contributed by atoms with Crippen molar-refractivity contribution in [2.45, 2.75) is 13.5 Å². The van der Waals surface area contributed by atoms with Gasteiger partial charge in [0.1, 0.15) is 17.3 Å². The Morgan fingerprint density at radius 1 is 1.27 bits per heavy atom. The molecule has 2 aromatic heterocycles. The standard InChI is InChI=1S/C16H14FN3O2/c1-10-2-7-15(22-10)13-8-14(20-19-13)16(21)18-9-11-3-5-12(17)6-4-11/h2-8H,9H2,1H3,(H,18,21)(H,19,20). The van der Waals surface area contributed by atoms with E-state index >= 15 is 0 Å². The molecule has 3 rings (SSSR count). The molecule has 0 unspecified atom stereocenters. The van der Waals surface area contributed by atoms with Crippen LogP contribution < -0.4 is 5.32 Å². The molecule has 0 aliphatic rings. The van der Waals surface area contributed by atoms with Crippen molar-refractivity contribution in [1.82, 2.24) is 15.5 Å². The molecule has 0 spiro atoms. The van der Waals surface area contributed by atoms with Gasteiger partial charge >= 0.3 is 0 Å². The summed E-state index contributed by atoms with van der Waals surface area (Å²) in [5.74, 6) is 0.797. The lowest BCUT2D eigenvalue weighted by Gasteiger charge is -2.02. The van der Waals surface area contributed by atoms with Gasteiger partial charge in [0.05, 0.1) is 0 Å². The Labute approximate surface area is 126 Å². The average molecular weight is 299 g/mol. The van der Waals surface area contributed by atoms with Crippen LogP contribution in [0, 0.1) is 12.7 Å². The molecule has 2 N–H and O–H groups in total. The monoisotopic (exact) mass is 299 g/mol. The highest BCUT2D eigenvalue weighted by molar-refractivity contribution is 5.93. The summed E-state index contributed by atoms with van der Waals surface area (Å²) in [7, 11) is 0. The number of benzene rings is 1. The first kappa shape index (κ1) is 14.1. The third kappa shape index (κ3) is 3.06. The van der Waals surface area contributed by atoms with Crippen LogP contribution in [0.25, 0.3) is 11.5 Å². The maximum absolute atomic E-state index is 12.8. The van der Waals surface area contributed by atoms with Gasteiger partial charge in [-0.1, -0.05) is 12.1 Å². The number of aromatic amines is 1. The zero-order chi connectivity index (χ0) is 15.5. The second kappa shape index (κ2) is 5.85. The molecule has 22 heavy (non-hydrogen) atoms. The number of hydrogen-bond donors (Lipinski definition) is 2. The number of carbonyl (C=O) groups excluding carboxylic acids is 1. The normalized spacial score (nSPS) is 10.6. The minimum Gasteiger partial charge on any atom is -0.460 e. The van der Waals surface area contributed by atoms with Gasteiger partial charge in [-0.05, 0) is 36.8 Å². The third-order valence-electron chi connectivity index (χ3n) is 3.18. The van der Waals surface area contributed by atoms with Gasteiger partial charge in [0, 0.05) is 12.6 Å². The summed E-state index contributed by atoms with van der Waals surface area (Å²) in [4.78, 5) is 12.0. The van der Waals surface area contributed by atoms with Crippen LogP contribution in [-0.4, -0.2) is 16.1 Å². The first-order chi connectivity index (χ1) is 10.6. The van der Waals surface area contributed by atoms with E-state index in [9.17, 15) is 9.18 Å². The fraction of sp³-hybridized carbons (Fsp3) is 0.125. The molecule has 112 valence electrons. The van der Waals surface area contributed by atoms with E-state index in [1.807, 2.05) is 19.1 Å². The Morgan fingerprint density at radius 2 is 2.05 bits per heavy atom. The minimum atomic E-state index is -0.310. The molecule has 2 heterocycles. The van der Waals surface area contributed by atoms with Crippen molar-refractivity contribution < 1.29 is 13.6 Å². The van der Waals surface area contributed by atoms with Crippen molar-refractivity contribution in [3.05, 3.63) is 65.3 Å². The number of nitrogens with zero attached hydrogens (tertiary/aromatic N) is 1. The van der Waals surface area contributed by atoms with Gasteiger partial charge in [-0.15, -0.1) is 0 Å². The number of amides is 1. The highest BCUT2D eigenvalue weighted by atomic mass is 19.1. The SMILES string of the molecule is Cc1ccc(-c2cc(C(=O)NCc3ccc(F)cc3)n[nH]2)o1. The van der Waals surface area contributed by atoms with Crippen LogP contribution in [0.1, 0.15) is 21.8 Å². The van der Waals surface area contributed by atoms with Crippen molar-refractivity contribution in [3.8, 4) is 11.5 Å². The summed E-state index contributed by atoms with van der Waals surface area (Å²) in [5, 5.41) is 9.47. The van der Waals surface area contributed by atoms with Gasteiger partial charge in [-0.3, -0.25) is 9.89 Å². The Morgan fingerprint density at radius 3 is 2.73 bits per heavy atom. The quantitative estimate of drug-likeness (QED) is 0.778. The zero-order valence-electron chi connectivity index (χ0n) is 11.9. The van der Waals surface area contributed by atoms with Gasteiger partial charge < -0.3 is 9.73 Å². The number of rotatable bonds is 4. The molecule has 1 aromatic carbocycles. The Hall–Kier alpha value is -2.89. The zero-order valence-corrected chi connectivity index (χ0v) is 11.9. The average Bonchev–Trinajstić information content (AvgIpc) is 3.15. The van der Waals surface area contributed by atoms with Crippen molar-refractivity contribution in [3.63, 3.8) is 0 Å². The molecule has 5 nitrogen and oxygen atoms in total. The topological polar surface area (TPSA) is 70.9 Å². The maximum atomic E-state index is 12.8. The molecule has 3 aromatic rings. The van der Waals surface area contributed by atoms with Crippen LogP contribution in [0.3, 0.4) is 0 Å². The van der Waals surface area contributed by atoms with Gasteiger partial charge in [0.25, 0.3) is 5.91 Å². The van der Waals surface area contributed by atoms with Gasteiger partial charge in [-0.25, -0.2) is 4.39 Å². The molecule has 6 heteroatoms. The number of carbonyl (C=O) groups is 1. The number of H-pyrrole nitrogens is 1. The van der Waals surface area contributed by atoms with Crippen molar-refractivity contribution in [2.24, 2.45) is 0 Å². The smallest absolute Gasteiger partial charge is 0.272 e. The summed E-state index contributed by atoms with van der Waals surface area (Å²) >= 11 is 0. The van der Waals surface area contributed by atoms with Crippen LogP contribution in [0.15, 0.2) is 46.9 Å². The third-order valence-corrected chi connectivity index (χ3v) is 3.18. The molecule has 0 aliphatic carbocycles. The van der Waals surface area contributed by atoms with Crippen molar-refractivity contribution in [2.75, 3.05) is 0 Å². The van der Waals surface area contributed by atoms with Crippen LogP contribution in [-0.2, 0) is 6.54 Å². The first-order valence-electron chi connectivity index (χ1n) is 6.77. The predicted molar refractivity (Wildman–Crippen MR) is 78.6 cm³/mol. The second-order valence-corrected chi connectivity index (χ2v) is 4.89. The molecule has 0 radical (unpaired) electrons. The maximum Gasteiger partial charge on any atom is 0.272 e. The summed E-state index contributed by atoms with van der Waals surface area (Å²) in [6.07, 6.45) is 0. The summed E-state index contributed by atoms with van der Waals surface area (Å²) in [6.45, 7) is 2.15. The van der Waals surface area contributed by atoms with E-state index in [2.05, 4.69) is 15.5 Å². The molecule has 0 saturated carbocycles. The van der Waals surface area contributed by atoms with E-state index in [4.69, 9.17) is 4.42 Å². The van der Waals surface area contributed by atoms with E-state index in [0.29, 0.717) is 18.0 Å². The Kier molecular flexibility index (Phi) is 3.74.